The standard InChI is InChI=1S/C10H9BrCl2S/c11-9-10(13,6-14-9)5-7-2-1-3-8(12)4-7/h1-4,9H,5-6H2. The number of halogens is 3. The van der Waals surface area contributed by atoms with Crippen LogP contribution in [0.1, 0.15) is 5.56 Å². The minimum absolute atomic E-state index is 0.130. The van der Waals surface area contributed by atoms with E-state index in [0.29, 0.717) is 4.16 Å². The van der Waals surface area contributed by atoms with Gasteiger partial charge in [-0.05, 0) is 24.1 Å². The lowest BCUT2D eigenvalue weighted by molar-refractivity contribution is 0.663. The van der Waals surface area contributed by atoms with Crippen molar-refractivity contribution in [2.45, 2.75) is 15.5 Å². The van der Waals surface area contributed by atoms with Crippen molar-refractivity contribution < 1.29 is 0 Å². The molecule has 1 heterocycles. The average molecular weight is 312 g/mol. The summed E-state index contributed by atoms with van der Waals surface area (Å²) in [6.07, 6.45) is 0.873. The van der Waals surface area contributed by atoms with Gasteiger partial charge in [-0.1, -0.05) is 39.7 Å². The van der Waals surface area contributed by atoms with E-state index in [0.717, 1.165) is 17.2 Å². The van der Waals surface area contributed by atoms with Crippen LogP contribution in [0, 0.1) is 0 Å². The van der Waals surface area contributed by atoms with Gasteiger partial charge in [-0.25, -0.2) is 0 Å². The monoisotopic (exact) mass is 310 g/mol. The van der Waals surface area contributed by atoms with Gasteiger partial charge in [-0.3, -0.25) is 0 Å². The zero-order valence-corrected chi connectivity index (χ0v) is 11.3. The van der Waals surface area contributed by atoms with Gasteiger partial charge in [0.15, 0.2) is 0 Å². The fourth-order valence-electron chi connectivity index (χ4n) is 1.44. The molecule has 2 unspecified atom stereocenters. The van der Waals surface area contributed by atoms with Crippen molar-refractivity contribution in [1.82, 2.24) is 0 Å². The van der Waals surface area contributed by atoms with Crippen LogP contribution >= 0.6 is 50.9 Å². The molecule has 1 aliphatic heterocycles. The van der Waals surface area contributed by atoms with Crippen molar-refractivity contribution in [1.29, 1.82) is 0 Å². The van der Waals surface area contributed by atoms with Gasteiger partial charge >= 0.3 is 0 Å². The second-order valence-electron chi connectivity index (χ2n) is 3.47. The lowest BCUT2D eigenvalue weighted by Gasteiger charge is -2.40. The molecule has 14 heavy (non-hydrogen) atoms. The van der Waals surface area contributed by atoms with E-state index in [9.17, 15) is 0 Å². The van der Waals surface area contributed by atoms with Crippen LogP contribution in [0.2, 0.25) is 5.02 Å². The Morgan fingerprint density at radius 3 is 2.86 bits per heavy atom. The van der Waals surface area contributed by atoms with Crippen molar-refractivity contribution in [3.8, 4) is 0 Å². The van der Waals surface area contributed by atoms with E-state index >= 15 is 0 Å². The van der Waals surface area contributed by atoms with E-state index < -0.39 is 0 Å². The predicted molar refractivity (Wildman–Crippen MR) is 68.9 cm³/mol. The third-order valence-electron chi connectivity index (χ3n) is 2.26. The average Bonchev–Trinajstić information content (AvgIpc) is 2.15. The summed E-state index contributed by atoms with van der Waals surface area (Å²) in [4.78, 5) is -0.130. The molecule has 1 aliphatic rings. The van der Waals surface area contributed by atoms with Crippen LogP contribution in [-0.4, -0.2) is 14.8 Å². The largest absolute Gasteiger partial charge is 0.143 e. The van der Waals surface area contributed by atoms with Crippen LogP contribution in [-0.2, 0) is 6.42 Å². The second kappa shape index (κ2) is 4.25. The summed E-state index contributed by atoms with van der Waals surface area (Å²) in [5, 5.41) is 0.779. The first-order valence-corrected chi connectivity index (χ1v) is 7.01. The van der Waals surface area contributed by atoms with Crippen LogP contribution in [0.25, 0.3) is 0 Å². The maximum absolute atomic E-state index is 6.43. The van der Waals surface area contributed by atoms with E-state index in [2.05, 4.69) is 22.0 Å². The first-order valence-electron chi connectivity index (χ1n) is 4.29. The first kappa shape index (κ1) is 11.1. The first-order chi connectivity index (χ1) is 6.60. The summed E-state index contributed by atoms with van der Waals surface area (Å²) in [6, 6.07) is 7.90. The normalized spacial score (nSPS) is 31.2. The summed E-state index contributed by atoms with van der Waals surface area (Å²) in [7, 11) is 0. The molecule has 4 heteroatoms. The zero-order chi connectivity index (χ0) is 10.2. The Morgan fingerprint density at radius 1 is 1.57 bits per heavy atom. The zero-order valence-electron chi connectivity index (χ0n) is 7.34. The highest BCUT2D eigenvalue weighted by Crippen LogP contribution is 2.49. The molecule has 0 spiro atoms. The smallest absolute Gasteiger partial charge is 0.0803 e. The molecule has 0 radical (unpaired) electrons. The Morgan fingerprint density at radius 2 is 2.36 bits per heavy atom. The highest BCUT2D eigenvalue weighted by atomic mass is 79.9. The molecule has 0 amide bonds. The molecule has 2 rings (SSSR count). The van der Waals surface area contributed by atoms with Crippen LogP contribution in [0.3, 0.4) is 0 Å². The maximum atomic E-state index is 6.43. The third kappa shape index (κ3) is 2.24. The molecule has 76 valence electrons. The lowest BCUT2D eigenvalue weighted by Crippen LogP contribution is -2.45. The molecular formula is C10H9BrCl2S. The molecule has 1 aromatic rings. The highest BCUT2D eigenvalue weighted by molar-refractivity contribution is 9.11. The van der Waals surface area contributed by atoms with Gasteiger partial charge in [-0.2, -0.15) is 0 Å². The molecule has 0 saturated carbocycles. The number of hydrogen-bond acceptors (Lipinski definition) is 1. The lowest BCUT2D eigenvalue weighted by atomic mass is 10.0. The minimum atomic E-state index is -0.130. The molecule has 0 nitrogen and oxygen atoms in total. The minimum Gasteiger partial charge on any atom is -0.143 e. The predicted octanol–water partition coefficient (Wildman–Crippen LogP) is 4.33. The Balaban J connectivity index is 2.11. The van der Waals surface area contributed by atoms with E-state index in [1.54, 1.807) is 0 Å². The quantitative estimate of drug-likeness (QED) is 0.733. The van der Waals surface area contributed by atoms with Crippen LogP contribution in [0.4, 0.5) is 0 Å². The van der Waals surface area contributed by atoms with Gasteiger partial charge in [-0.15, -0.1) is 23.4 Å². The van der Waals surface area contributed by atoms with E-state index in [4.69, 9.17) is 23.2 Å². The second-order valence-corrected chi connectivity index (χ2v) is 7.27. The number of thioether (sulfide) groups is 1. The molecule has 1 fully saturated rings. The topological polar surface area (TPSA) is 0 Å². The Labute approximate surface area is 106 Å². The molecular weight excluding hydrogens is 303 g/mol. The molecule has 0 bridgehead atoms. The Bertz CT molecular complexity index is 345. The van der Waals surface area contributed by atoms with Crippen LogP contribution < -0.4 is 0 Å². The fourth-order valence-corrected chi connectivity index (χ4v) is 3.98. The van der Waals surface area contributed by atoms with Crippen molar-refractivity contribution in [3.05, 3.63) is 34.9 Å². The van der Waals surface area contributed by atoms with E-state index in [1.165, 1.54) is 5.56 Å². The van der Waals surface area contributed by atoms with Gasteiger partial charge in [0, 0.05) is 10.8 Å². The Kier molecular flexibility index (Phi) is 3.37. The van der Waals surface area contributed by atoms with Crippen molar-refractivity contribution >= 4 is 50.9 Å². The number of hydrogen-bond donors (Lipinski definition) is 0. The number of benzene rings is 1. The summed E-state index contributed by atoms with van der Waals surface area (Å²) in [6.45, 7) is 0. The number of rotatable bonds is 2. The van der Waals surface area contributed by atoms with Crippen LogP contribution in [0.15, 0.2) is 24.3 Å². The summed E-state index contributed by atoms with van der Waals surface area (Å²) in [5.41, 5.74) is 1.21. The highest BCUT2D eigenvalue weighted by Gasteiger charge is 2.44. The van der Waals surface area contributed by atoms with Crippen molar-refractivity contribution in [3.63, 3.8) is 0 Å². The summed E-state index contributed by atoms with van der Waals surface area (Å²) >= 11 is 17.7. The molecule has 1 saturated heterocycles. The molecule has 2 atom stereocenters. The van der Waals surface area contributed by atoms with Gasteiger partial charge in [0.05, 0.1) is 9.03 Å². The van der Waals surface area contributed by atoms with Gasteiger partial charge < -0.3 is 0 Å². The van der Waals surface area contributed by atoms with Crippen LogP contribution in [0.5, 0.6) is 0 Å². The summed E-state index contributed by atoms with van der Waals surface area (Å²) < 4.78 is 0.357. The van der Waals surface area contributed by atoms with Gasteiger partial charge in [0.1, 0.15) is 0 Å². The van der Waals surface area contributed by atoms with Crippen molar-refractivity contribution in [2.24, 2.45) is 0 Å². The van der Waals surface area contributed by atoms with Crippen molar-refractivity contribution in [2.75, 3.05) is 5.75 Å². The molecule has 0 N–H and O–H groups in total. The fraction of sp³-hybridized carbons (Fsp3) is 0.400. The Hall–Kier alpha value is 0.630. The molecule has 0 aromatic heterocycles. The third-order valence-corrected chi connectivity index (χ3v) is 6.63. The molecule has 1 aromatic carbocycles. The van der Waals surface area contributed by atoms with E-state index in [1.807, 2.05) is 30.0 Å². The molecule has 0 aliphatic carbocycles. The van der Waals surface area contributed by atoms with E-state index in [-0.39, 0.29) is 4.87 Å². The van der Waals surface area contributed by atoms with Gasteiger partial charge in [0.2, 0.25) is 0 Å². The SMILES string of the molecule is Clc1cccc(CC2(Cl)CSC2Br)c1. The number of alkyl halides is 2. The summed E-state index contributed by atoms with van der Waals surface area (Å²) in [5.74, 6) is 0.997. The van der Waals surface area contributed by atoms with Gasteiger partial charge in [0.25, 0.3) is 0 Å². The maximum Gasteiger partial charge on any atom is 0.0803 e.